The smallest absolute Gasteiger partial charge is 0.129 e. The second-order valence-corrected chi connectivity index (χ2v) is 4.98. The average Bonchev–Trinajstić information content (AvgIpc) is 2.46. The first-order valence-corrected chi connectivity index (χ1v) is 6.85. The molecule has 1 atom stereocenters. The lowest BCUT2D eigenvalue weighted by Gasteiger charge is -2.14. The number of hydrogen-bond acceptors (Lipinski definition) is 4. The molecule has 0 aliphatic rings. The number of nitrogens with zero attached hydrogens (tertiary/aromatic N) is 2. The highest BCUT2D eigenvalue weighted by molar-refractivity contribution is 5.35. The fourth-order valence-corrected chi connectivity index (χ4v) is 2.03. The van der Waals surface area contributed by atoms with Gasteiger partial charge in [-0.25, -0.2) is 9.97 Å². The van der Waals surface area contributed by atoms with Crippen molar-refractivity contribution in [2.24, 2.45) is 0 Å². The summed E-state index contributed by atoms with van der Waals surface area (Å²) in [6.07, 6.45) is 3.67. The first-order chi connectivity index (χ1) is 9.67. The highest BCUT2D eigenvalue weighted by Crippen LogP contribution is 2.14. The van der Waals surface area contributed by atoms with Crippen molar-refractivity contribution in [3.05, 3.63) is 47.9 Å². The summed E-state index contributed by atoms with van der Waals surface area (Å²) < 4.78 is 5.16. The molecule has 1 aromatic heterocycles. The average molecular weight is 271 g/mol. The fourth-order valence-electron chi connectivity index (χ4n) is 2.03. The van der Waals surface area contributed by atoms with Gasteiger partial charge in [-0.15, -0.1) is 0 Å². The van der Waals surface area contributed by atoms with E-state index < -0.39 is 0 Å². The van der Waals surface area contributed by atoms with E-state index >= 15 is 0 Å². The molecule has 1 N–H and O–H groups in total. The van der Waals surface area contributed by atoms with E-state index in [1.807, 2.05) is 25.1 Å². The molecule has 2 aromatic rings. The lowest BCUT2D eigenvalue weighted by molar-refractivity contribution is 0.414. The summed E-state index contributed by atoms with van der Waals surface area (Å²) in [5.74, 6) is 1.79. The van der Waals surface area contributed by atoms with E-state index in [0.29, 0.717) is 6.04 Å². The molecule has 0 radical (unpaired) electrons. The molecule has 0 spiro atoms. The number of rotatable bonds is 6. The van der Waals surface area contributed by atoms with Gasteiger partial charge < -0.3 is 10.1 Å². The van der Waals surface area contributed by atoms with Gasteiger partial charge in [-0.05, 0) is 44.4 Å². The second kappa shape index (κ2) is 6.89. The lowest BCUT2D eigenvalue weighted by Crippen LogP contribution is -2.17. The van der Waals surface area contributed by atoms with Gasteiger partial charge in [-0.2, -0.15) is 0 Å². The highest BCUT2D eigenvalue weighted by atomic mass is 16.5. The summed E-state index contributed by atoms with van der Waals surface area (Å²) in [7, 11) is 1.69. The number of nitrogens with one attached hydrogen (secondary N) is 1. The predicted molar refractivity (Wildman–Crippen MR) is 81.2 cm³/mol. The van der Waals surface area contributed by atoms with Crippen LogP contribution in [0.25, 0.3) is 0 Å². The minimum absolute atomic E-state index is 0.367. The Kier molecular flexibility index (Phi) is 4.93. The number of hydrogen-bond donors (Lipinski definition) is 1. The normalized spacial score (nSPS) is 11.9. The summed E-state index contributed by atoms with van der Waals surface area (Å²) in [6.45, 7) is 4.13. The van der Waals surface area contributed by atoms with Crippen molar-refractivity contribution >= 4 is 5.82 Å². The van der Waals surface area contributed by atoms with Crippen LogP contribution < -0.4 is 10.1 Å². The van der Waals surface area contributed by atoms with Crippen molar-refractivity contribution in [2.75, 3.05) is 12.4 Å². The summed E-state index contributed by atoms with van der Waals surface area (Å²) in [4.78, 5) is 8.31. The second-order valence-electron chi connectivity index (χ2n) is 4.98. The maximum atomic E-state index is 5.16. The van der Waals surface area contributed by atoms with Crippen molar-refractivity contribution in [3.8, 4) is 5.75 Å². The Morgan fingerprint density at radius 3 is 2.60 bits per heavy atom. The quantitative estimate of drug-likeness (QED) is 0.876. The van der Waals surface area contributed by atoms with Crippen LogP contribution in [-0.2, 0) is 6.42 Å². The Balaban J connectivity index is 1.83. The van der Waals surface area contributed by atoms with E-state index in [4.69, 9.17) is 4.74 Å². The van der Waals surface area contributed by atoms with E-state index in [0.717, 1.165) is 30.1 Å². The van der Waals surface area contributed by atoms with Gasteiger partial charge in [0, 0.05) is 17.8 Å². The van der Waals surface area contributed by atoms with E-state index in [1.165, 1.54) is 5.56 Å². The number of anilines is 1. The zero-order valence-corrected chi connectivity index (χ0v) is 12.3. The molecule has 0 bridgehead atoms. The molecular formula is C16H21N3O. The van der Waals surface area contributed by atoms with Crippen molar-refractivity contribution in [1.29, 1.82) is 0 Å². The predicted octanol–water partition coefficient (Wildman–Crippen LogP) is 3.23. The number of aromatic nitrogens is 2. The van der Waals surface area contributed by atoms with Crippen LogP contribution in [0.3, 0.4) is 0 Å². The molecule has 20 heavy (non-hydrogen) atoms. The summed E-state index contributed by atoms with van der Waals surface area (Å²) in [5, 5.41) is 3.40. The van der Waals surface area contributed by atoms with Crippen LogP contribution in [0.4, 0.5) is 5.82 Å². The third-order valence-corrected chi connectivity index (χ3v) is 3.22. The van der Waals surface area contributed by atoms with Crippen molar-refractivity contribution in [1.82, 2.24) is 9.97 Å². The third-order valence-electron chi connectivity index (χ3n) is 3.22. The van der Waals surface area contributed by atoms with Gasteiger partial charge in [0.25, 0.3) is 0 Å². The zero-order chi connectivity index (χ0) is 14.4. The summed E-state index contributed by atoms with van der Waals surface area (Å²) in [6, 6.07) is 10.6. The zero-order valence-electron chi connectivity index (χ0n) is 12.3. The molecule has 4 heteroatoms. The molecule has 2 rings (SSSR count). The van der Waals surface area contributed by atoms with Gasteiger partial charge in [0.15, 0.2) is 0 Å². The molecule has 0 fully saturated rings. The molecule has 0 aliphatic carbocycles. The topological polar surface area (TPSA) is 47.0 Å². The van der Waals surface area contributed by atoms with Crippen LogP contribution in [0, 0.1) is 6.92 Å². The van der Waals surface area contributed by atoms with E-state index in [9.17, 15) is 0 Å². The monoisotopic (exact) mass is 271 g/mol. The molecular weight excluding hydrogens is 250 g/mol. The van der Waals surface area contributed by atoms with Gasteiger partial charge in [0.1, 0.15) is 17.9 Å². The van der Waals surface area contributed by atoms with E-state index in [2.05, 4.69) is 34.3 Å². The Morgan fingerprint density at radius 1 is 1.20 bits per heavy atom. The van der Waals surface area contributed by atoms with Gasteiger partial charge in [0.2, 0.25) is 0 Å². The summed E-state index contributed by atoms with van der Waals surface area (Å²) >= 11 is 0. The Morgan fingerprint density at radius 2 is 1.95 bits per heavy atom. The minimum atomic E-state index is 0.367. The Hall–Kier alpha value is -2.10. The molecule has 1 unspecified atom stereocenters. The van der Waals surface area contributed by atoms with Crippen LogP contribution in [0.5, 0.6) is 5.75 Å². The maximum absolute atomic E-state index is 5.16. The minimum Gasteiger partial charge on any atom is -0.497 e. The van der Waals surface area contributed by atoms with E-state index in [-0.39, 0.29) is 0 Å². The molecule has 0 saturated heterocycles. The summed E-state index contributed by atoms with van der Waals surface area (Å²) in [5.41, 5.74) is 2.29. The van der Waals surface area contributed by atoms with Crippen molar-refractivity contribution < 1.29 is 4.74 Å². The van der Waals surface area contributed by atoms with Gasteiger partial charge >= 0.3 is 0 Å². The van der Waals surface area contributed by atoms with Crippen molar-refractivity contribution in [2.45, 2.75) is 32.7 Å². The first kappa shape index (κ1) is 14.3. The van der Waals surface area contributed by atoms with Crippen LogP contribution in [0.2, 0.25) is 0 Å². The van der Waals surface area contributed by atoms with E-state index in [1.54, 1.807) is 13.4 Å². The van der Waals surface area contributed by atoms with Crippen LogP contribution in [0.15, 0.2) is 36.7 Å². The lowest BCUT2D eigenvalue weighted by atomic mass is 10.1. The molecule has 0 saturated carbocycles. The van der Waals surface area contributed by atoms with Crippen molar-refractivity contribution in [3.63, 3.8) is 0 Å². The molecule has 0 amide bonds. The van der Waals surface area contributed by atoms with Crippen LogP contribution in [0.1, 0.15) is 24.6 Å². The number of ether oxygens (including phenoxy) is 1. The Bertz CT molecular complexity index is 540. The van der Waals surface area contributed by atoms with Crippen LogP contribution in [-0.4, -0.2) is 23.1 Å². The third kappa shape index (κ3) is 4.23. The number of methoxy groups -OCH3 is 1. The fraction of sp³-hybridized carbons (Fsp3) is 0.375. The molecule has 4 nitrogen and oxygen atoms in total. The standard InChI is InChI=1S/C16H21N3O/c1-12(19-16-10-13(2)17-11-18-16)4-5-14-6-8-15(20-3)9-7-14/h6-12H,4-5H2,1-3H3,(H,17,18,19). The molecule has 1 heterocycles. The van der Waals surface area contributed by atoms with Gasteiger partial charge in [-0.1, -0.05) is 12.1 Å². The number of benzene rings is 1. The highest BCUT2D eigenvalue weighted by Gasteiger charge is 2.04. The maximum Gasteiger partial charge on any atom is 0.129 e. The number of aryl methyl sites for hydroxylation is 2. The van der Waals surface area contributed by atoms with Gasteiger partial charge in [-0.3, -0.25) is 0 Å². The Labute approximate surface area is 120 Å². The first-order valence-electron chi connectivity index (χ1n) is 6.85. The van der Waals surface area contributed by atoms with Crippen LogP contribution >= 0.6 is 0 Å². The molecule has 0 aliphatic heterocycles. The van der Waals surface area contributed by atoms with Gasteiger partial charge in [0.05, 0.1) is 7.11 Å². The SMILES string of the molecule is COc1ccc(CCC(C)Nc2cc(C)ncn2)cc1. The largest absolute Gasteiger partial charge is 0.497 e. The molecule has 1 aromatic carbocycles. The molecule has 106 valence electrons.